The van der Waals surface area contributed by atoms with Gasteiger partial charge in [-0.05, 0) is 38.5 Å². The van der Waals surface area contributed by atoms with Crippen molar-refractivity contribution < 1.29 is 4.74 Å². The van der Waals surface area contributed by atoms with Crippen molar-refractivity contribution in [2.75, 3.05) is 6.61 Å². The van der Waals surface area contributed by atoms with E-state index in [4.69, 9.17) is 17.0 Å². The molecule has 15 heavy (non-hydrogen) atoms. The summed E-state index contributed by atoms with van der Waals surface area (Å²) in [6.45, 7) is 4.97. The minimum Gasteiger partial charge on any atom is -0.373 e. The number of ether oxygens (including phenoxy) is 1. The highest BCUT2D eigenvalue weighted by Crippen LogP contribution is 2.36. The van der Waals surface area contributed by atoms with E-state index in [1.165, 1.54) is 12.8 Å². The standard InChI is InChI=1S/C12H22N2O/c1-4-11(14-13)12(15-5-2)8-6-10(3)7-9-12/h1,10-11,14H,5-9,13H2,2-3H3. The zero-order valence-corrected chi connectivity index (χ0v) is 9.75. The molecule has 0 spiro atoms. The Hall–Kier alpha value is -0.560. The number of hydrogen-bond acceptors (Lipinski definition) is 3. The van der Waals surface area contributed by atoms with Crippen LogP contribution in [0.3, 0.4) is 0 Å². The fourth-order valence-corrected chi connectivity index (χ4v) is 2.41. The molecule has 0 aromatic heterocycles. The van der Waals surface area contributed by atoms with Crippen LogP contribution in [-0.2, 0) is 4.74 Å². The van der Waals surface area contributed by atoms with Crippen LogP contribution < -0.4 is 11.3 Å². The lowest BCUT2D eigenvalue weighted by Crippen LogP contribution is -2.55. The Morgan fingerprint density at radius 2 is 2.20 bits per heavy atom. The van der Waals surface area contributed by atoms with Gasteiger partial charge in [0.05, 0.1) is 5.60 Å². The molecule has 0 saturated heterocycles. The van der Waals surface area contributed by atoms with Crippen LogP contribution in [0.2, 0.25) is 0 Å². The van der Waals surface area contributed by atoms with Crippen LogP contribution in [0.25, 0.3) is 0 Å². The van der Waals surface area contributed by atoms with Crippen LogP contribution in [0.1, 0.15) is 39.5 Å². The van der Waals surface area contributed by atoms with E-state index in [1.807, 2.05) is 6.92 Å². The molecule has 0 bridgehead atoms. The fourth-order valence-electron chi connectivity index (χ4n) is 2.41. The summed E-state index contributed by atoms with van der Waals surface area (Å²) in [6.07, 6.45) is 9.83. The van der Waals surface area contributed by atoms with E-state index in [2.05, 4.69) is 18.3 Å². The molecule has 1 aliphatic carbocycles. The van der Waals surface area contributed by atoms with Crippen molar-refractivity contribution in [1.82, 2.24) is 5.43 Å². The van der Waals surface area contributed by atoms with Crippen LogP contribution in [0.5, 0.6) is 0 Å². The van der Waals surface area contributed by atoms with Crippen molar-refractivity contribution in [3.05, 3.63) is 0 Å². The van der Waals surface area contributed by atoms with Gasteiger partial charge >= 0.3 is 0 Å². The van der Waals surface area contributed by atoms with Crippen LogP contribution in [-0.4, -0.2) is 18.2 Å². The molecule has 1 fully saturated rings. The van der Waals surface area contributed by atoms with E-state index in [0.29, 0.717) is 6.61 Å². The van der Waals surface area contributed by atoms with Gasteiger partial charge in [-0.2, -0.15) is 0 Å². The number of nitrogens with one attached hydrogen (secondary N) is 1. The van der Waals surface area contributed by atoms with Crippen molar-refractivity contribution in [2.24, 2.45) is 11.8 Å². The lowest BCUT2D eigenvalue weighted by Gasteiger charge is -2.42. The van der Waals surface area contributed by atoms with Crippen LogP contribution in [0.4, 0.5) is 0 Å². The second-order valence-electron chi connectivity index (χ2n) is 4.45. The smallest absolute Gasteiger partial charge is 0.110 e. The fraction of sp³-hybridized carbons (Fsp3) is 0.833. The first-order chi connectivity index (χ1) is 7.18. The summed E-state index contributed by atoms with van der Waals surface area (Å²) in [4.78, 5) is 0. The predicted octanol–water partition coefficient (Wildman–Crippen LogP) is 1.44. The molecule has 3 nitrogen and oxygen atoms in total. The highest BCUT2D eigenvalue weighted by atomic mass is 16.5. The lowest BCUT2D eigenvalue weighted by atomic mass is 9.75. The molecular weight excluding hydrogens is 188 g/mol. The third-order valence-electron chi connectivity index (χ3n) is 3.41. The summed E-state index contributed by atoms with van der Waals surface area (Å²) in [5.41, 5.74) is 2.46. The molecule has 0 radical (unpaired) electrons. The Morgan fingerprint density at radius 3 is 2.60 bits per heavy atom. The molecule has 0 amide bonds. The van der Waals surface area contributed by atoms with Crippen LogP contribution >= 0.6 is 0 Å². The van der Waals surface area contributed by atoms with Crippen molar-refractivity contribution in [2.45, 2.75) is 51.2 Å². The molecule has 0 aromatic carbocycles. The van der Waals surface area contributed by atoms with E-state index in [9.17, 15) is 0 Å². The van der Waals surface area contributed by atoms with Gasteiger partial charge < -0.3 is 4.74 Å². The maximum atomic E-state index is 5.88. The van der Waals surface area contributed by atoms with Crippen LogP contribution in [0.15, 0.2) is 0 Å². The molecule has 1 saturated carbocycles. The third-order valence-corrected chi connectivity index (χ3v) is 3.41. The largest absolute Gasteiger partial charge is 0.373 e. The van der Waals surface area contributed by atoms with Gasteiger partial charge in [-0.3, -0.25) is 5.84 Å². The molecule has 86 valence electrons. The van der Waals surface area contributed by atoms with Crippen molar-refractivity contribution in [3.8, 4) is 12.3 Å². The van der Waals surface area contributed by atoms with Crippen LogP contribution in [0, 0.1) is 18.3 Å². The predicted molar refractivity (Wildman–Crippen MR) is 61.9 cm³/mol. The number of terminal acetylenes is 1. The van der Waals surface area contributed by atoms with Gasteiger partial charge in [0.15, 0.2) is 0 Å². The normalized spacial score (nSPS) is 33.3. The van der Waals surface area contributed by atoms with E-state index >= 15 is 0 Å². The number of hydrazine groups is 1. The topological polar surface area (TPSA) is 47.3 Å². The number of rotatable bonds is 4. The van der Waals surface area contributed by atoms with Crippen molar-refractivity contribution in [1.29, 1.82) is 0 Å². The summed E-state index contributed by atoms with van der Waals surface area (Å²) in [7, 11) is 0. The Bertz CT molecular complexity index is 226. The van der Waals surface area contributed by atoms with Gasteiger partial charge in [-0.1, -0.05) is 12.8 Å². The Kier molecular flexibility index (Phi) is 4.59. The zero-order valence-electron chi connectivity index (χ0n) is 9.75. The summed E-state index contributed by atoms with van der Waals surface area (Å²) in [6, 6.07) is -0.176. The molecule has 0 heterocycles. The van der Waals surface area contributed by atoms with Gasteiger partial charge in [0.25, 0.3) is 0 Å². The van der Waals surface area contributed by atoms with Crippen molar-refractivity contribution in [3.63, 3.8) is 0 Å². The summed E-state index contributed by atoms with van der Waals surface area (Å²) < 4.78 is 5.88. The van der Waals surface area contributed by atoms with Crippen molar-refractivity contribution >= 4 is 0 Å². The van der Waals surface area contributed by atoms with E-state index in [0.717, 1.165) is 18.8 Å². The average molecular weight is 210 g/mol. The highest BCUT2D eigenvalue weighted by molar-refractivity contribution is 5.11. The molecule has 0 aliphatic heterocycles. The third kappa shape index (κ3) is 2.72. The summed E-state index contributed by atoms with van der Waals surface area (Å²) >= 11 is 0. The van der Waals surface area contributed by atoms with E-state index in [-0.39, 0.29) is 11.6 Å². The Labute approximate surface area is 92.7 Å². The van der Waals surface area contributed by atoms with E-state index in [1.54, 1.807) is 0 Å². The first kappa shape index (κ1) is 12.5. The minimum atomic E-state index is -0.245. The second-order valence-corrected chi connectivity index (χ2v) is 4.45. The number of nitrogens with two attached hydrogens (primary N) is 1. The number of hydrogen-bond donors (Lipinski definition) is 2. The maximum absolute atomic E-state index is 5.88. The summed E-state index contributed by atoms with van der Waals surface area (Å²) in [5, 5.41) is 0. The molecule has 0 aromatic rings. The Morgan fingerprint density at radius 1 is 1.60 bits per heavy atom. The van der Waals surface area contributed by atoms with Gasteiger partial charge in [-0.15, -0.1) is 6.42 Å². The first-order valence-corrected chi connectivity index (χ1v) is 5.74. The molecule has 1 atom stereocenters. The molecule has 3 N–H and O–H groups in total. The molecule has 1 rings (SSSR count). The van der Waals surface area contributed by atoms with E-state index < -0.39 is 0 Å². The molecule has 1 aliphatic rings. The quantitative estimate of drug-likeness (QED) is 0.419. The van der Waals surface area contributed by atoms with Gasteiger partial charge in [0, 0.05) is 6.61 Å². The minimum absolute atomic E-state index is 0.176. The molecular formula is C12H22N2O. The lowest BCUT2D eigenvalue weighted by molar-refractivity contribution is -0.0843. The van der Waals surface area contributed by atoms with Gasteiger partial charge in [0.1, 0.15) is 6.04 Å². The Balaban J connectivity index is 2.74. The zero-order chi connectivity index (χ0) is 11.3. The van der Waals surface area contributed by atoms with Gasteiger partial charge in [0.2, 0.25) is 0 Å². The first-order valence-electron chi connectivity index (χ1n) is 5.74. The monoisotopic (exact) mass is 210 g/mol. The highest BCUT2D eigenvalue weighted by Gasteiger charge is 2.40. The SMILES string of the molecule is C#CC(NN)C1(OCC)CCC(C)CC1. The molecule has 3 heteroatoms. The molecule has 1 unspecified atom stereocenters. The summed E-state index contributed by atoms with van der Waals surface area (Å²) in [5.74, 6) is 8.97. The van der Waals surface area contributed by atoms with Gasteiger partial charge in [-0.25, -0.2) is 5.43 Å². The maximum Gasteiger partial charge on any atom is 0.110 e. The average Bonchev–Trinajstić information content (AvgIpc) is 2.24. The second kappa shape index (κ2) is 5.50.